The molecule has 0 spiro atoms. The van der Waals surface area contributed by atoms with Crippen molar-refractivity contribution in [3.05, 3.63) is 29.3 Å². The number of nitrogens with one attached hydrogen (secondary N) is 1. The molecule has 21 heavy (non-hydrogen) atoms. The van der Waals surface area contributed by atoms with Gasteiger partial charge in [-0.2, -0.15) is 0 Å². The zero-order valence-electron chi connectivity index (χ0n) is 13.3. The van der Waals surface area contributed by atoms with E-state index in [1.807, 2.05) is 6.07 Å². The number of hydrogen-bond donors (Lipinski definition) is 1. The summed E-state index contributed by atoms with van der Waals surface area (Å²) < 4.78 is 5.89. The Labute approximate surface area is 128 Å². The van der Waals surface area contributed by atoms with E-state index < -0.39 is 0 Å². The smallest absolute Gasteiger partial charge is 0.223 e. The quantitative estimate of drug-likeness (QED) is 0.780. The molecule has 0 aliphatic heterocycles. The van der Waals surface area contributed by atoms with Crippen LogP contribution in [0.5, 0.6) is 5.75 Å². The number of benzene rings is 1. The van der Waals surface area contributed by atoms with Crippen LogP contribution in [-0.4, -0.2) is 19.1 Å². The third kappa shape index (κ3) is 4.23. The number of ether oxygens (including phenoxy) is 1. The summed E-state index contributed by atoms with van der Waals surface area (Å²) in [5.41, 5.74) is 2.80. The van der Waals surface area contributed by atoms with Crippen molar-refractivity contribution in [1.29, 1.82) is 0 Å². The average Bonchev–Trinajstić information content (AvgIpc) is 2.53. The summed E-state index contributed by atoms with van der Waals surface area (Å²) in [6.07, 6.45) is 6.61. The zero-order valence-corrected chi connectivity index (χ0v) is 13.3. The number of carbonyl (C=O) groups is 1. The molecule has 0 saturated heterocycles. The molecule has 1 amide bonds. The van der Waals surface area contributed by atoms with E-state index in [2.05, 4.69) is 31.3 Å². The highest BCUT2D eigenvalue weighted by molar-refractivity contribution is 5.78. The molecule has 1 N–H and O–H groups in total. The van der Waals surface area contributed by atoms with Gasteiger partial charge in [0.2, 0.25) is 5.91 Å². The number of amides is 1. The first kappa shape index (κ1) is 15.9. The molecule has 1 aromatic carbocycles. The summed E-state index contributed by atoms with van der Waals surface area (Å²) in [5.74, 6) is 1.29. The summed E-state index contributed by atoms with van der Waals surface area (Å²) in [6, 6.07) is 6.32. The van der Waals surface area contributed by atoms with E-state index in [4.69, 9.17) is 4.74 Å². The first-order chi connectivity index (χ1) is 10.3. The Morgan fingerprint density at radius 2 is 2.00 bits per heavy atom. The van der Waals surface area contributed by atoms with Crippen LogP contribution in [0.15, 0.2) is 18.2 Å². The van der Waals surface area contributed by atoms with E-state index in [1.165, 1.54) is 24.0 Å². The van der Waals surface area contributed by atoms with Crippen LogP contribution < -0.4 is 10.1 Å². The monoisotopic (exact) mass is 289 g/mol. The highest BCUT2D eigenvalue weighted by Crippen LogP contribution is 2.29. The fourth-order valence-electron chi connectivity index (χ4n) is 3.02. The second-order valence-electron chi connectivity index (χ2n) is 5.75. The van der Waals surface area contributed by atoms with Gasteiger partial charge >= 0.3 is 0 Å². The minimum Gasteiger partial charge on any atom is -0.491 e. The lowest BCUT2D eigenvalue weighted by Gasteiger charge is -2.19. The second kappa shape index (κ2) is 8.06. The topological polar surface area (TPSA) is 38.3 Å². The Morgan fingerprint density at radius 3 is 2.76 bits per heavy atom. The fraction of sp³-hybridized carbons (Fsp3) is 0.611. The van der Waals surface area contributed by atoms with Crippen LogP contribution in [0.1, 0.15) is 50.7 Å². The maximum Gasteiger partial charge on any atom is 0.223 e. The number of aryl methyl sites for hydroxylation is 1. The minimum absolute atomic E-state index is 0.134. The normalized spacial score (nSPS) is 13.9. The second-order valence-corrected chi connectivity index (χ2v) is 5.75. The highest BCUT2D eigenvalue weighted by atomic mass is 16.5. The van der Waals surface area contributed by atoms with Gasteiger partial charge in [-0.1, -0.05) is 26.0 Å². The summed E-state index contributed by atoms with van der Waals surface area (Å²) >= 11 is 0. The largest absolute Gasteiger partial charge is 0.491 e. The Bertz CT molecular complexity index is 466. The summed E-state index contributed by atoms with van der Waals surface area (Å²) in [4.78, 5) is 11.9. The van der Waals surface area contributed by atoms with Crippen molar-refractivity contribution in [2.24, 2.45) is 5.92 Å². The Balaban J connectivity index is 1.80. The van der Waals surface area contributed by atoms with Crippen molar-refractivity contribution in [3.8, 4) is 5.75 Å². The van der Waals surface area contributed by atoms with Crippen molar-refractivity contribution in [1.82, 2.24) is 5.32 Å². The maximum absolute atomic E-state index is 11.9. The van der Waals surface area contributed by atoms with Crippen molar-refractivity contribution < 1.29 is 9.53 Å². The van der Waals surface area contributed by atoms with Crippen molar-refractivity contribution >= 4 is 5.91 Å². The molecule has 0 fully saturated rings. The van der Waals surface area contributed by atoms with E-state index >= 15 is 0 Å². The highest BCUT2D eigenvalue weighted by Gasteiger charge is 2.15. The van der Waals surface area contributed by atoms with Crippen molar-refractivity contribution in [2.45, 2.75) is 52.4 Å². The van der Waals surface area contributed by atoms with Gasteiger partial charge in [-0.05, 0) is 55.7 Å². The van der Waals surface area contributed by atoms with Gasteiger partial charge in [-0.3, -0.25) is 4.79 Å². The molecule has 1 aliphatic rings. The molecule has 0 atom stereocenters. The lowest BCUT2D eigenvalue weighted by Crippen LogP contribution is -2.33. The van der Waals surface area contributed by atoms with Crippen LogP contribution in [0.2, 0.25) is 0 Å². The third-order valence-electron chi connectivity index (χ3n) is 4.37. The van der Waals surface area contributed by atoms with Gasteiger partial charge in [-0.25, -0.2) is 0 Å². The SMILES string of the molecule is CCC(CC)C(=O)NCCOc1cccc2c1CCCC2. The molecule has 0 radical (unpaired) electrons. The van der Waals surface area contributed by atoms with Gasteiger partial charge in [0, 0.05) is 5.92 Å². The summed E-state index contributed by atoms with van der Waals surface area (Å²) in [7, 11) is 0. The molecule has 0 aromatic heterocycles. The molecule has 0 heterocycles. The van der Waals surface area contributed by atoms with E-state index in [9.17, 15) is 4.79 Å². The molecular formula is C18H27NO2. The van der Waals surface area contributed by atoms with Crippen LogP contribution in [0.4, 0.5) is 0 Å². The van der Waals surface area contributed by atoms with Crippen molar-refractivity contribution in [2.75, 3.05) is 13.2 Å². The average molecular weight is 289 g/mol. The molecule has 0 bridgehead atoms. The molecule has 2 rings (SSSR count). The predicted molar refractivity (Wildman–Crippen MR) is 85.7 cm³/mol. The van der Waals surface area contributed by atoms with Crippen molar-refractivity contribution in [3.63, 3.8) is 0 Å². The molecule has 1 aromatic rings. The van der Waals surface area contributed by atoms with Crippen LogP contribution >= 0.6 is 0 Å². The lowest BCUT2D eigenvalue weighted by atomic mass is 9.91. The van der Waals surface area contributed by atoms with E-state index in [0.29, 0.717) is 13.2 Å². The molecule has 0 saturated carbocycles. The minimum atomic E-state index is 0.134. The van der Waals surface area contributed by atoms with Crippen LogP contribution in [0.25, 0.3) is 0 Å². The van der Waals surface area contributed by atoms with Gasteiger partial charge in [0.25, 0.3) is 0 Å². The third-order valence-corrected chi connectivity index (χ3v) is 4.37. The first-order valence-corrected chi connectivity index (χ1v) is 8.27. The maximum atomic E-state index is 11.9. The van der Waals surface area contributed by atoms with Crippen LogP contribution in [-0.2, 0) is 17.6 Å². The number of rotatable bonds is 7. The van der Waals surface area contributed by atoms with Crippen LogP contribution in [0.3, 0.4) is 0 Å². The number of carbonyl (C=O) groups excluding carboxylic acids is 1. The molecule has 1 aliphatic carbocycles. The molecule has 116 valence electrons. The Hall–Kier alpha value is -1.51. The standard InChI is InChI=1S/C18H27NO2/c1-3-14(4-2)18(20)19-12-13-21-17-11-7-9-15-8-5-6-10-16(15)17/h7,9,11,14H,3-6,8,10,12-13H2,1-2H3,(H,19,20). The van der Waals surface area contributed by atoms with E-state index in [1.54, 1.807) is 0 Å². The Kier molecular flexibility index (Phi) is 6.09. The molecule has 3 heteroatoms. The number of fused-ring (bicyclic) bond motifs is 1. The zero-order chi connectivity index (χ0) is 15.1. The van der Waals surface area contributed by atoms with E-state index in [0.717, 1.165) is 31.4 Å². The summed E-state index contributed by atoms with van der Waals surface area (Å²) in [6.45, 7) is 5.24. The van der Waals surface area contributed by atoms with Gasteiger partial charge < -0.3 is 10.1 Å². The first-order valence-electron chi connectivity index (χ1n) is 8.27. The number of hydrogen-bond acceptors (Lipinski definition) is 2. The van der Waals surface area contributed by atoms with Gasteiger partial charge in [0.15, 0.2) is 0 Å². The Morgan fingerprint density at radius 1 is 1.24 bits per heavy atom. The fourth-order valence-corrected chi connectivity index (χ4v) is 3.02. The molecule has 3 nitrogen and oxygen atoms in total. The van der Waals surface area contributed by atoms with Gasteiger partial charge in [0.05, 0.1) is 6.54 Å². The lowest BCUT2D eigenvalue weighted by molar-refractivity contribution is -0.125. The van der Waals surface area contributed by atoms with E-state index in [-0.39, 0.29) is 11.8 Å². The summed E-state index contributed by atoms with van der Waals surface area (Å²) in [5, 5.41) is 2.97. The van der Waals surface area contributed by atoms with Gasteiger partial charge in [0.1, 0.15) is 12.4 Å². The molecular weight excluding hydrogens is 262 g/mol. The van der Waals surface area contributed by atoms with Gasteiger partial charge in [-0.15, -0.1) is 0 Å². The predicted octanol–water partition coefficient (Wildman–Crippen LogP) is 3.50. The molecule has 0 unspecified atom stereocenters. The van der Waals surface area contributed by atoms with Crippen LogP contribution in [0, 0.1) is 5.92 Å².